The second kappa shape index (κ2) is 7.38. The zero-order valence-corrected chi connectivity index (χ0v) is 12.4. The van der Waals surface area contributed by atoms with E-state index in [9.17, 15) is 0 Å². The summed E-state index contributed by atoms with van der Waals surface area (Å²) in [5.41, 5.74) is 2.45. The van der Waals surface area contributed by atoms with Gasteiger partial charge in [0.15, 0.2) is 0 Å². The van der Waals surface area contributed by atoms with Crippen LogP contribution >= 0.6 is 0 Å². The van der Waals surface area contributed by atoms with Crippen LogP contribution in [0.5, 0.6) is 0 Å². The third kappa shape index (κ3) is 4.69. The summed E-state index contributed by atoms with van der Waals surface area (Å²) in [6.45, 7) is 3.76. The van der Waals surface area contributed by atoms with Crippen LogP contribution < -0.4 is 5.32 Å². The fourth-order valence-corrected chi connectivity index (χ4v) is 2.26. The Labute approximate surface area is 126 Å². The Morgan fingerprint density at radius 2 is 2.10 bits per heavy atom. The van der Waals surface area contributed by atoms with E-state index in [0.29, 0.717) is 0 Å². The number of rotatable bonds is 9. The van der Waals surface area contributed by atoms with Gasteiger partial charge in [-0.25, -0.2) is 4.98 Å². The van der Waals surface area contributed by atoms with E-state index in [1.807, 2.05) is 17.1 Å². The van der Waals surface area contributed by atoms with Gasteiger partial charge in [-0.15, -0.1) is 0 Å². The molecule has 1 N–H and O–H groups in total. The molecule has 0 atom stereocenters. The van der Waals surface area contributed by atoms with E-state index in [2.05, 4.69) is 34.6 Å². The number of nitrogens with one attached hydrogen (secondary N) is 1. The van der Waals surface area contributed by atoms with Gasteiger partial charge in [0, 0.05) is 37.8 Å². The molecular weight excluding hydrogens is 262 g/mol. The first-order chi connectivity index (χ1) is 10.4. The van der Waals surface area contributed by atoms with Crippen LogP contribution in [-0.2, 0) is 11.3 Å². The molecular formula is C17H23N3O. The van der Waals surface area contributed by atoms with Gasteiger partial charge in [0.1, 0.15) is 0 Å². The van der Waals surface area contributed by atoms with Gasteiger partial charge < -0.3 is 14.6 Å². The van der Waals surface area contributed by atoms with E-state index in [1.165, 1.54) is 18.4 Å². The van der Waals surface area contributed by atoms with Gasteiger partial charge in [0.25, 0.3) is 0 Å². The highest BCUT2D eigenvalue weighted by Gasteiger charge is 2.20. The van der Waals surface area contributed by atoms with Crippen molar-refractivity contribution in [3.05, 3.63) is 48.5 Å². The minimum absolute atomic E-state index is 0.868. The molecule has 1 aliphatic carbocycles. The van der Waals surface area contributed by atoms with Crippen LogP contribution in [0.15, 0.2) is 43.0 Å². The molecule has 112 valence electrons. The smallest absolute Gasteiger partial charge is 0.0991 e. The van der Waals surface area contributed by atoms with E-state index >= 15 is 0 Å². The maximum Gasteiger partial charge on any atom is 0.0991 e. The van der Waals surface area contributed by atoms with Crippen molar-refractivity contribution >= 4 is 0 Å². The molecule has 0 aliphatic heterocycles. The van der Waals surface area contributed by atoms with Crippen LogP contribution in [0.1, 0.15) is 24.8 Å². The molecule has 0 unspecified atom stereocenters. The summed E-state index contributed by atoms with van der Waals surface area (Å²) < 4.78 is 7.63. The molecule has 4 nitrogen and oxygen atoms in total. The molecule has 0 radical (unpaired) electrons. The number of hydrogen-bond acceptors (Lipinski definition) is 3. The third-order valence-corrected chi connectivity index (χ3v) is 3.76. The SMILES string of the molecule is c1cn(-c2ccc(CNCCCOCC3CC3)cc2)cn1. The lowest BCUT2D eigenvalue weighted by Crippen LogP contribution is -2.16. The summed E-state index contributed by atoms with van der Waals surface area (Å²) in [5, 5.41) is 3.46. The minimum Gasteiger partial charge on any atom is -0.381 e. The lowest BCUT2D eigenvalue weighted by atomic mass is 10.2. The van der Waals surface area contributed by atoms with Crippen molar-refractivity contribution < 1.29 is 4.74 Å². The molecule has 1 aliphatic rings. The van der Waals surface area contributed by atoms with Gasteiger partial charge in [-0.3, -0.25) is 0 Å². The Hall–Kier alpha value is -1.65. The molecule has 4 heteroatoms. The van der Waals surface area contributed by atoms with E-state index in [0.717, 1.165) is 44.3 Å². The quantitative estimate of drug-likeness (QED) is 0.720. The summed E-state index contributed by atoms with van der Waals surface area (Å²) in [5.74, 6) is 0.868. The molecule has 21 heavy (non-hydrogen) atoms. The number of aromatic nitrogens is 2. The summed E-state index contributed by atoms with van der Waals surface area (Å²) in [7, 11) is 0. The van der Waals surface area contributed by atoms with Crippen LogP contribution in [0.2, 0.25) is 0 Å². The topological polar surface area (TPSA) is 39.1 Å². The first kappa shape index (κ1) is 14.3. The summed E-state index contributed by atoms with van der Waals surface area (Å²) >= 11 is 0. The predicted octanol–water partition coefficient (Wildman–Crippen LogP) is 2.78. The zero-order chi connectivity index (χ0) is 14.3. The predicted molar refractivity (Wildman–Crippen MR) is 83.4 cm³/mol. The average Bonchev–Trinajstić information content (AvgIpc) is 3.18. The molecule has 2 aromatic rings. The Balaban J connectivity index is 1.31. The summed E-state index contributed by atoms with van der Waals surface area (Å²) in [6.07, 6.45) is 9.38. The maximum absolute atomic E-state index is 5.62. The second-order valence-electron chi connectivity index (χ2n) is 5.69. The van der Waals surface area contributed by atoms with Crippen LogP contribution in [0, 0.1) is 5.92 Å². The Morgan fingerprint density at radius 1 is 1.24 bits per heavy atom. The Bertz CT molecular complexity index is 517. The van der Waals surface area contributed by atoms with Crippen molar-refractivity contribution in [2.24, 2.45) is 5.92 Å². The van der Waals surface area contributed by atoms with Gasteiger partial charge in [0.2, 0.25) is 0 Å². The number of imidazole rings is 1. The number of hydrogen-bond donors (Lipinski definition) is 1. The van der Waals surface area contributed by atoms with E-state index in [-0.39, 0.29) is 0 Å². The fraction of sp³-hybridized carbons (Fsp3) is 0.471. The normalized spacial score (nSPS) is 14.5. The standard InChI is InChI=1S/C17H23N3O/c1(11-21-13-16-2-3-16)8-18-12-15-4-6-17(7-5-15)20-10-9-19-14-20/h4-7,9-10,14,16,18H,1-3,8,11-13H2. The molecule has 3 rings (SSSR count). The average molecular weight is 285 g/mol. The lowest BCUT2D eigenvalue weighted by Gasteiger charge is -2.07. The third-order valence-electron chi connectivity index (χ3n) is 3.76. The largest absolute Gasteiger partial charge is 0.381 e. The van der Waals surface area contributed by atoms with Crippen LogP contribution in [-0.4, -0.2) is 29.3 Å². The van der Waals surface area contributed by atoms with Crippen molar-refractivity contribution in [2.75, 3.05) is 19.8 Å². The highest BCUT2D eigenvalue weighted by molar-refractivity contribution is 5.34. The van der Waals surface area contributed by atoms with Crippen LogP contribution in [0.25, 0.3) is 5.69 Å². The summed E-state index contributed by atoms with van der Waals surface area (Å²) in [4.78, 5) is 4.06. The van der Waals surface area contributed by atoms with E-state index in [4.69, 9.17) is 4.74 Å². The molecule has 0 spiro atoms. The first-order valence-electron chi connectivity index (χ1n) is 7.77. The molecule has 1 saturated carbocycles. The van der Waals surface area contributed by atoms with E-state index in [1.54, 1.807) is 6.20 Å². The molecule has 1 aromatic carbocycles. The second-order valence-corrected chi connectivity index (χ2v) is 5.69. The van der Waals surface area contributed by atoms with Gasteiger partial charge in [-0.05, 0) is 49.4 Å². The number of benzene rings is 1. The first-order valence-corrected chi connectivity index (χ1v) is 7.77. The molecule has 1 heterocycles. The highest BCUT2D eigenvalue weighted by Crippen LogP contribution is 2.28. The van der Waals surface area contributed by atoms with Crippen molar-refractivity contribution in [1.29, 1.82) is 0 Å². The Morgan fingerprint density at radius 3 is 2.81 bits per heavy atom. The monoisotopic (exact) mass is 285 g/mol. The highest BCUT2D eigenvalue weighted by atomic mass is 16.5. The van der Waals surface area contributed by atoms with Gasteiger partial charge in [-0.1, -0.05) is 12.1 Å². The van der Waals surface area contributed by atoms with Gasteiger partial charge >= 0.3 is 0 Å². The molecule has 1 fully saturated rings. The van der Waals surface area contributed by atoms with Gasteiger partial charge in [0.05, 0.1) is 6.33 Å². The van der Waals surface area contributed by atoms with Crippen molar-refractivity contribution in [3.63, 3.8) is 0 Å². The Kier molecular flexibility index (Phi) is 5.03. The van der Waals surface area contributed by atoms with Crippen LogP contribution in [0.3, 0.4) is 0 Å². The van der Waals surface area contributed by atoms with Crippen molar-refractivity contribution in [2.45, 2.75) is 25.8 Å². The minimum atomic E-state index is 0.868. The van der Waals surface area contributed by atoms with Crippen LogP contribution in [0.4, 0.5) is 0 Å². The molecule has 1 aromatic heterocycles. The summed E-state index contributed by atoms with van der Waals surface area (Å²) in [6, 6.07) is 8.56. The van der Waals surface area contributed by atoms with Crippen molar-refractivity contribution in [1.82, 2.24) is 14.9 Å². The van der Waals surface area contributed by atoms with E-state index < -0.39 is 0 Å². The van der Waals surface area contributed by atoms with Gasteiger partial charge in [-0.2, -0.15) is 0 Å². The number of ether oxygens (including phenoxy) is 1. The maximum atomic E-state index is 5.62. The molecule has 0 bridgehead atoms. The van der Waals surface area contributed by atoms with Crippen molar-refractivity contribution in [3.8, 4) is 5.69 Å². The molecule has 0 saturated heterocycles. The fourth-order valence-electron chi connectivity index (χ4n) is 2.26. The molecule has 0 amide bonds. The number of nitrogens with zero attached hydrogens (tertiary/aromatic N) is 2. The zero-order valence-electron chi connectivity index (χ0n) is 12.4. The lowest BCUT2D eigenvalue weighted by molar-refractivity contribution is 0.122.